The monoisotopic (exact) mass is 178 g/mol. The summed E-state index contributed by atoms with van der Waals surface area (Å²) in [5, 5.41) is 8.01. The highest BCUT2D eigenvalue weighted by Gasteiger charge is 2.19. The van der Waals surface area contributed by atoms with Gasteiger partial charge in [0.15, 0.2) is 0 Å². The van der Waals surface area contributed by atoms with E-state index in [4.69, 9.17) is 5.84 Å². The van der Waals surface area contributed by atoms with E-state index in [9.17, 15) is 0 Å². The van der Waals surface area contributed by atoms with Crippen molar-refractivity contribution in [3.8, 4) is 0 Å². The third-order valence-corrected chi connectivity index (χ3v) is 2.56. The molecule has 1 unspecified atom stereocenters. The van der Waals surface area contributed by atoms with Crippen LogP contribution < -0.4 is 5.84 Å². The van der Waals surface area contributed by atoms with E-state index in [2.05, 4.69) is 10.2 Å². The minimum atomic E-state index is 0.464. The van der Waals surface area contributed by atoms with E-state index in [-0.39, 0.29) is 0 Å². The quantitative estimate of drug-likeness (QED) is 0.520. The Hall–Kier alpha value is -1.32. The average molecular weight is 178 g/mol. The van der Waals surface area contributed by atoms with Crippen molar-refractivity contribution in [3.05, 3.63) is 18.5 Å². The summed E-state index contributed by atoms with van der Waals surface area (Å²) in [6.45, 7) is 0. The van der Waals surface area contributed by atoms with Gasteiger partial charge in [-0.05, 0) is 25.3 Å². The fourth-order valence-electron chi connectivity index (χ4n) is 1.86. The van der Waals surface area contributed by atoms with Crippen LogP contribution in [-0.2, 0) is 0 Å². The van der Waals surface area contributed by atoms with E-state index in [0.29, 0.717) is 6.04 Å². The van der Waals surface area contributed by atoms with Crippen LogP contribution in [0, 0.1) is 0 Å². The number of hydrazone groups is 1. The number of nitrogens with zero attached hydrogens (tertiary/aromatic N) is 3. The first-order valence-electron chi connectivity index (χ1n) is 4.65. The van der Waals surface area contributed by atoms with Crippen LogP contribution in [0.4, 0.5) is 0 Å². The summed E-state index contributed by atoms with van der Waals surface area (Å²) in [5.74, 6) is 5.28. The van der Waals surface area contributed by atoms with Gasteiger partial charge in [0.2, 0.25) is 0 Å². The number of aromatic nitrogens is 2. The highest BCUT2D eigenvalue weighted by Crippen LogP contribution is 2.25. The summed E-state index contributed by atoms with van der Waals surface area (Å²) in [4.78, 5) is 0. The van der Waals surface area contributed by atoms with Crippen molar-refractivity contribution in [3.63, 3.8) is 0 Å². The molecule has 13 heavy (non-hydrogen) atoms. The van der Waals surface area contributed by atoms with Gasteiger partial charge in [0.1, 0.15) is 0 Å². The molecular formula is C9H14N4. The molecule has 1 heterocycles. The molecule has 1 atom stereocenters. The van der Waals surface area contributed by atoms with Gasteiger partial charge in [-0.3, -0.25) is 4.68 Å². The summed E-state index contributed by atoms with van der Waals surface area (Å²) in [6, 6.07) is 2.42. The minimum Gasteiger partial charge on any atom is -0.323 e. The van der Waals surface area contributed by atoms with Crippen molar-refractivity contribution < 1.29 is 0 Å². The molecule has 70 valence electrons. The second-order valence-electron chi connectivity index (χ2n) is 3.43. The van der Waals surface area contributed by atoms with Crippen molar-refractivity contribution in [2.45, 2.75) is 31.7 Å². The van der Waals surface area contributed by atoms with Gasteiger partial charge in [0.05, 0.1) is 6.04 Å². The van der Waals surface area contributed by atoms with Gasteiger partial charge in [0, 0.05) is 24.5 Å². The zero-order valence-electron chi connectivity index (χ0n) is 7.56. The second kappa shape index (κ2) is 3.60. The Kier molecular flexibility index (Phi) is 2.29. The normalized spacial score (nSPS) is 26.5. The van der Waals surface area contributed by atoms with Crippen molar-refractivity contribution in [1.82, 2.24) is 9.78 Å². The summed E-state index contributed by atoms with van der Waals surface area (Å²) in [6.07, 6.45) is 8.17. The van der Waals surface area contributed by atoms with E-state index in [1.807, 2.05) is 23.1 Å². The Balaban J connectivity index is 2.09. The second-order valence-corrected chi connectivity index (χ2v) is 3.43. The number of hydrogen-bond donors (Lipinski definition) is 1. The summed E-state index contributed by atoms with van der Waals surface area (Å²) in [7, 11) is 0. The lowest BCUT2D eigenvalue weighted by atomic mass is 9.94. The van der Waals surface area contributed by atoms with Gasteiger partial charge in [-0.15, -0.1) is 0 Å². The Morgan fingerprint density at radius 2 is 2.54 bits per heavy atom. The maximum Gasteiger partial charge on any atom is 0.0572 e. The molecule has 0 spiro atoms. The standard InChI is InChI=1S/C9H14N4/c10-12-8-3-1-4-9(7-8)13-6-2-5-11-13/h2,5-6,9H,1,3-4,7,10H2/b12-8-. The predicted octanol–water partition coefficient (Wildman–Crippen LogP) is 1.31. The van der Waals surface area contributed by atoms with E-state index >= 15 is 0 Å². The van der Waals surface area contributed by atoms with Crippen LogP contribution in [0.15, 0.2) is 23.6 Å². The Bertz CT molecular complexity index is 289. The molecule has 1 aliphatic rings. The number of rotatable bonds is 1. The van der Waals surface area contributed by atoms with Crippen LogP contribution in [0.5, 0.6) is 0 Å². The summed E-state index contributed by atoms with van der Waals surface area (Å²) < 4.78 is 2.00. The molecule has 1 aromatic rings. The van der Waals surface area contributed by atoms with E-state index in [1.165, 1.54) is 12.8 Å². The third kappa shape index (κ3) is 1.71. The number of nitrogens with two attached hydrogens (primary N) is 1. The fourth-order valence-corrected chi connectivity index (χ4v) is 1.86. The van der Waals surface area contributed by atoms with Gasteiger partial charge in [-0.2, -0.15) is 10.2 Å². The largest absolute Gasteiger partial charge is 0.323 e. The van der Waals surface area contributed by atoms with Gasteiger partial charge in [0.25, 0.3) is 0 Å². The first-order chi connectivity index (χ1) is 6.40. The van der Waals surface area contributed by atoms with Crippen molar-refractivity contribution >= 4 is 5.71 Å². The molecular weight excluding hydrogens is 164 g/mol. The Morgan fingerprint density at radius 3 is 3.23 bits per heavy atom. The molecule has 1 fully saturated rings. The van der Waals surface area contributed by atoms with Crippen molar-refractivity contribution in [2.24, 2.45) is 10.9 Å². The molecule has 1 aromatic heterocycles. The van der Waals surface area contributed by atoms with Crippen LogP contribution in [-0.4, -0.2) is 15.5 Å². The lowest BCUT2D eigenvalue weighted by Gasteiger charge is -2.22. The zero-order valence-corrected chi connectivity index (χ0v) is 7.56. The molecule has 0 aromatic carbocycles. The molecule has 0 amide bonds. The van der Waals surface area contributed by atoms with Crippen LogP contribution in [0.1, 0.15) is 31.7 Å². The molecule has 0 aliphatic heterocycles. The molecule has 2 N–H and O–H groups in total. The van der Waals surface area contributed by atoms with E-state index in [1.54, 1.807) is 0 Å². The highest BCUT2D eigenvalue weighted by molar-refractivity contribution is 5.85. The Labute approximate surface area is 77.4 Å². The summed E-state index contributed by atoms with van der Waals surface area (Å²) >= 11 is 0. The van der Waals surface area contributed by atoms with E-state index < -0.39 is 0 Å². The van der Waals surface area contributed by atoms with Gasteiger partial charge < -0.3 is 5.84 Å². The van der Waals surface area contributed by atoms with Crippen LogP contribution in [0.25, 0.3) is 0 Å². The summed E-state index contributed by atoms with van der Waals surface area (Å²) in [5.41, 5.74) is 1.12. The van der Waals surface area contributed by atoms with Gasteiger partial charge in [-0.25, -0.2) is 0 Å². The van der Waals surface area contributed by atoms with Crippen LogP contribution >= 0.6 is 0 Å². The molecule has 1 aliphatic carbocycles. The number of hydrogen-bond acceptors (Lipinski definition) is 3. The van der Waals surface area contributed by atoms with Crippen molar-refractivity contribution in [1.29, 1.82) is 0 Å². The molecule has 2 rings (SSSR count). The first-order valence-corrected chi connectivity index (χ1v) is 4.65. The van der Waals surface area contributed by atoms with E-state index in [0.717, 1.165) is 18.6 Å². The molecule has 1 saturated carbocycles. The highest BCUT2D eigenvalue weighted by atomic mass is 15.3. The SMILES string of the molecule is N/N=C1/CCCC(n2cccn2)C1. The molecule has 0 saturated heterocycles. The topological polar surface area (TPSA) is 56.2 Å². The maximum absolute atomic E-state index is 5.28. The molecule has 4 nitrogen and oxygen atoms in total. The van der Waals surface area contributed by atoms with Gasteiger partial charge in [-0.1, -0.05) is 0 Å². The fraction of sp³-hybridized carbons (Fsp3) is 0.556. The lowest BCUT2D eigenvalue weighted by Crippen LogP contribution is -2.20. The van der Waals surface area contributed by atoms with Gasteiger partial charge >= 0.3 is 0 Å². The molecule has 4 heteroatoms. The lowest BCUT2D eigenvalue weighted by molar-refractivity contribution is 0.407. The van der Waals surface area contributed by atoms with Crippen molar-refractivity contribution in [2.75, 3.05) is 0 Å². The Morgan fingerprint density at radius 1 is 1.62 bits per heavy atom. The molecule has 0 bridgehead atoms. The average Bonchev–Trinajstić information content (AvgIpc) is 2.71. The third-order valence-electron chi connectivity index (χ3n) is 2.56. The minimum absolute atomic E-state index is 0.464. The van der Waals surface area contributed by atoms with Crippen LogP contribution in [0.3, 0.4) is 0 Å². The predicted molar refractivity (Wildman–Crippen MR) is 51.4 cm³/mol. The first kappa shape index (κ1) is 8.29. The smallest absolute Gasteiger partial charge is 0.0572 e. The van der Waals surface area contributed by atoms with Crippen LogP contribution in [0.2, 0.25) is 0 Å². The molecule has 0 radical (unpaired) electrons. The zero-order chi connectivity index (χ0) is 9.10. The maximum atomic E-state index is 5.28.